The van der Waals surface area contributed by atoms with Gasteiger partial charge in [0.15, 0.2) is 0 Å². The Morgan fingerprint density at radius 2 is 2.00 bits per heavy atom. The molecule has 0 heterocycles. The Kier molecular flexibility index (Phi) is 5.13. The molecule has 0 aromatic heterocycles. The van der Waals surface area contributed by atoms with Crippen LogP contribution in [0.3, 0.4) is 0 Å². The van der Waals surface area contributed by atoms with Crippen molar-refractivity contribution < 1.29 is 14.9 Å². The maximum absolute atomic E-state index is 9.71. The molecule has 1 aromatic carbocycles. The van der Waals surface area contributed by atoms with Crippen molar-refractivity contribution in [1.29, 1.82) is 0 Å². The van der Waals surface area contributed by atoms with Gasteiger partial charge in [-0.05, 0) is 18.4 Å². The third-order valence-corrected chi connectivity index (χ3v) is 3.18. The van der Waals surface area contributed by atoms with Gasteiger partial charge < -0.3 is 20.3 Å². The molecule has 0 saturated heterocycles. The van der Waals surface area contributed by atoms with Crippen molar-refractivity contribution in [3.05, 3.63) is 35.9 Å². The monoisotopic (exact) mass is 251 g/mol. The van der Waals surface area contributed by atoms with Crippen LogP contribution in [0.2, 0.25) is 0 Å². The van der Waals surface area contributed by atoms with E-state index in [0.29, 0.717) is 25.8 Å². The Hall–Kier alpha value is -0.940. The molecule has 1 saturated carbocycles. The van der Waals surface area contributed by atoms with Gasteiger partial charge in [0.05, 0.1) is 25.4 Å². The highest BCUT2D eigenvalue weighted by atomic mass is 16.5. The number of nitrogens with one attached hydrogen (secondary N) is 1. The molecule has 1 aromatic rings. The molecule has 100 valence electrons. The van der Waals surface area contributed by atoms with Crippen LogP contribution in [0.5, 0.6) is 0 Å². The minimum Gasteiger partial charge on any atom is -0.393 e. The van der Waals surface area contributed by atoms with Gasteiger partial charge in [-0.15, -0.1) is 0 Å². The number of hydrogen-bond acceptors (Lipinski definition) is 4. The van der Waals surface area contributed by atoms with Crippen molar-refractivity contribution in [2.45, 2.75) is 37.7 Å². The zero-order chi connectivity index (χ0) is 12.8. The van der Waals surface area contributed by atoms with Gasteiger partial charge in [0.25, 0.3) is 0 Å². The largest absolute Gasteiger partial charge is 0.393 e. The average Bonchev–Trinajstić information content (AvgIpc) is 2.34. The van der Waals surface area contributed by atoms with Crippen LogP contribution in [0.4, 0.5) is 0 Å². The first-order chi connectivity index (χ1) is 8.74. The maximum Gasteiger partial charge on any atom is 0.0897 e. The van der Waals surface area contributed by atoms with Crippen LogP contribution < -0.4 is 5.32 Å². The van der Waals surface area contributed by atoms with E-state index in [1.165, 1.54) is 0 Å². The van der Waals surface area contributed by atoms with E-state index in [0.717, 1.165) is 18.4 Å². The number of aliphatic hydroxyl groups excluding tert-OH is 2. The summed E-state index contributed by atoms with van der Waals surface area (Å²) in [6.07, 6.45) is 0.926. The summed E-state index contributed by atoms with van der Waals surface area (Å²) in [5.74, 6) is 0. The van der Waals surface area contributed by atoms with Crippen LogP contribution in [0.15, 0.2) is 30.3 Å². The lowest BCUT2D eigenvalue weighted by Gasteiger charge is -2.32. The molecular formula is C14H21NO3. The predicted molar refractivity (Wildman–Crippen MR) is 69.1 cm³/mol. The zero-order valence-corrected chi connectivity index (χ0v) is 10.5. The summed E-state index contributed by atoms with van der Waals surface area (Å²) in [6.45, 7) is 1.38. The fourth-order valence-corrected chi connectivity index (χ4v) is 2.00. The molecule has 1 atom stereocenters. The first-order valence-electron chi connectivity index (χ1n) is 6.45. The molecule has 1 aliphatic carbocycles. The molecule has 1 unspecified atom stereocenters. The van der Waals surface area contributed by atoms with Crippen molar-refractivity contribution >= 4 is 0 Å². The highest BCUT2D eigenvalue weighted by Gasteiger charge is 2.26. The average molecular weight is 251 g/mol. The third-order valence-electron chi connectivity index (χ3n) is 3.18. The van der Waals surface area contributed by atoms with Crippen molar-refractivity contribution in [1.82, 2.24) is 5.32 Å². The highest BCUT2D eigenvalue weighted by molar-refractivity contribution is 5.13. The number of hydrogen-bond donors (Lipinski definition) is 3. The van der Waals surface area contributed by atoms with Crippen LogP contribution in [0, 0.1) is 0 Å². The fourth-order valence-electron chi connectivity index (χ4n) is 2.00. The normalized spacial score (nSPS) is 24.6. The van der Waals surface area contributed by atoms with Gasteiger partial charge in [-0.25, -0.2) is 0 Å². The number of benzene rings is 1. The third kappa shape index (κ3) is 4.38. The Bertz CT molecular complexity index is 338. The lowest BCUT2D eigenvalue weighted by Crippen LogP contribution is -2.47. The number of ether oxygens (including phenoxy) is 1. The standard InChI is InChI=1S/C14H21NO3/c16-13-6-12(7-13)15-8-14(17)10-18-9-11-4-2-1-3-5-11/h1-5,12-17H,6-10H2. The lowest BCUT2D eigenvalue weighted by atomic mass is 9.89. The van der Waals surface area contributed by atoms with E-state index in [1.54, 1.807) is 0 Å². The zero-order valence-electron chi connectivity index (χ0n) is 10.5. The van der Waals surface area contributed by atoms with Crippen molar-refractivity contribution in [3.8, 4) is 0 Å². The van der Waals surface area contributed by atoms with E-state index in [4.69, 9.17) is 9.84 Å². The first kappa shape index (κ1) is 13.5. The minimum absolute atomic E-state index is 0.158. The molecule has 0 aliphatic heterocycles. The van der Waals surface area contributed by atoms with Gasteiger partial charge in [0, 0.05) is 12.6 Å². The summed E-state index contributed by atoms with van der Waals surface area (Å²) in [4.78, 5) is 0. The summed E-state index contributed by atoms with van der Waals surface area (Å²) in [6, 6.07) is 10.3. The molecule has 18 heavy (non-hydrogen) atoms. The molecule has 0 spiro atoms. The molecule has 1 aliphatic rings. The van der Waals surface area contributed by atoms with E-state index in [9.17, 15) is 5.11 Å². The molecule has 4 heteroatoms. The molecule has 0 radical (unpaired) electrons. The summed E-state index contributed by atoms with van der Waals surface area (Å²) in [5, 5.41) is 22.0. The van der Waals surface area contributed by atoms with Crippen molar-refractivity contribution in [3.63, 3.8) is 0 Å². The summed E-state index contributed by atoms with van der Waals surface area (Å²) in [5.41, 5.74) is 1.11. The number of rotatable bonds is 7. The summed E-state index contributed by atoms with van der Waals surface area (Å²) < 4.78 is 5.45. The Morgan fingerprint density at radius 3 is 2.67 bits per heavy atom. The molecule has 3 N–H and O–H groups in total. The smallest absolute Gasteiger partial charge is 0.0897 e. The van der Waals surface area contributed by atoms with Crippen molar-refractivity contribution in [2.75, 3.05) is 13.2 Å². The van der Waals surface area contributed by atoms with Crippen LogP contribution in [-0.2, 0) is 11.3 Å². The van der Waals surface area contributed by atoms with Gasteiger partial charge >= 0.3 is 0 Å². The number of aliphatic hydroxyl groups is 2. The van der Waals surface area contributed by atoms with Crippen LogP contribution >= 0.6 is 0 Å². The Balaban J connectivity index is 1.53. The van der Waals surface area contributed by atoms with E-state index in [1.807, 2.05) is 30.3 Å². The van der Waals surface area contributed by atoms with Gasteiger partial charge in [0.2, 0.25) is 0 Å². The summed E-state index contributed by atoms with van der Waals surface area (Å²) >= 11 is 0. The molecule has 0 bridgehead atoms. The van der Waals surface area contributed by atoms with E-state index < -0.39 is 6.10 Å². The predicted octanol–water partition coefficient (Wildman–Crippen LogP) is 0.677. The molecule has 2 rings (SSSR count). The second kappa shape index (κ2) is 6.85. The topological polar surface area (TPSA) is 61.7 Å². The molecular weight excluding hydrogens is 230 g/mol. The van der Waals surface area contributed by atoms with E-state index >= 15 is 0 Å². The lowest BCUT2D eigenvalue weighted by molar-refractivity contribution is 0.0172. The fraction of sp³-hybridized carbons (Fsp3) is 0.571. The van der Waals surface area contributed by atoms with Gasteiger partial charge in [-0.3, -0.25) is 0 Å². The van der Waals surface area contributed by atoms with E-state index in [2.05, 4.69) is 5.32 Å². The molecule has 0 amide bonds. The van der Waals surface area contributed by atoms with Crippen LogP contribution in [-0.4, -0.2) is 41.6 Å². The summed E-state index contributed by atoms with van der Waals surface area (Å²) in [7, 11) is 0. The Morgan fingerprint density at radius 1 is 1.28 bits per heavy atom. The van der Waals surface area contributed by atoms with Gasteiger partial charge in [-0.1, -0.05) is 30.3 Å². The van der Waals surface area contributed by atoms with Crippen molar-refractivity contribution in [2.24, 2.45) is 0 Å². The second-order valence-corrected chi connectivity index (χ2v) is 4.88. The quantitative estimate of drug-likeness (QED) is 0.667. The maximum atomic E-state index is 9.71. The van der Waals surface area contributed by atoms with Gasteiger partial charge in [0.1, 0.15) is 0 Å². The van der Waals surface area contributed by atoms with Gasteiger partial charge in [-0.2, -0.15) is 0 Å². The second-order valence-electron chi connectivity index (χ2n) is 4.88. The minimum atomic E-state index is -0.494. The van der Waals surface area contributed by atoms with Crippen LogP contribution in [0.25, 0.3) is 0 Å². The van der Waals surface area contributed by atoms with Crippen LogP contribution in [0.1, 0.15) is 18.4 Å². The first-order valence-corrected chi connectivity index (χ1v) is 6.45. The highest BCUT2D eigenvalue weighted by Crippen LogP contribution is 2.18. The Labute approximate surface area is 108 Å². The van der Waals surface area contributed by atoms with E-state index in [-0.39, 0.29) is 6.10 Å². The molecule has 4 nitrogen and oxygen atoms in total. The SMILES string of the molecule is OC(CNC1CC(O)C1)COCc1ccccc1. The molecule has 1 fully saturated rings.